The SMILES string of the molecule is C=C(Cl)/C=C/C(C)Cl. The molecule has 0 nitrogen and oxygen atoms in total. The Balaban J connectivity index is 3.50. The van der Waals surface area contributed by atoms with Crippen LogP contribution in [0.2, 0.25) is 0 Å². The summed E-state index contributed by atoms with van der Waals surface area (Å²) in [6.07, 6.45) is 3.45. The second-order valence-corrected chi connectivity index (χ2v) is 2.66. The van der Waals surface area contributed by atoms with Crippen molar-refractivity contribution < 1.29 is 0 Å². The molecule has 0 saturated carbocycles. The Morgan fingerprint density at radius 3 is 2.38 bits per heavy atom. The van der Waals surface area contributed by atoms with Crippen LogP contribution >= 0.6 is 23.2 Å². The van der Waals surface area contributed by atoms with E-state index in [-0.39, 0.29) is 5.38 Å². The van der Waals surface area contributed by atoms with Crippen LogP contribution in [0.3, 0.4) is 0 Å². The molecule has 46 valence electrons. The predicted molar refractivity (Wildman–Crippen MR) is 39.4 cm³/mol. The van der Waals surface area contributed by atoms with Gasteiger partial charge in [-0.25, -0.2) is 0 Å². The Labute approximate surface area is 59.8 Å². The van der Waals surface area contributed by atoms with Crippen LogP contribution in [0.25, 0.3) is 0 Å². The van der Waals surface area contributed by atoms with E-state index in [0.717, 1.165) is 0 Å². The molecule has 0 aromatic carbocycles. The maximum Gasteiger partial charge on any atom is 0.0491 e. The Hall–Kier alpha value is 0.0600. The lowest BCUT2D eigenvalue weighted by Crippen LogP contribution is -1.79. The van der Waals surface area contributed by atoms with E-state index < -0.39 is 0 Å². The zero-order chi connectivity index (χ0) is 6.57. The fourth-order valence-corrected chi connectivity index (χ4v) is 0.382. The Kier molecular flexibility index (Phi) is 4.02. The minimum Gasteiger partial charge on any atom is -0.119 e. The van der Waals surface area contributed by atoms with E-state index in [4.69, 9.17) is 23.2 Å². The first kappa shape index (κ1) is 8.06. The zero-order valence-electron chi connectivity index (χ0n) is 4.70. The molecular weight excluding hydrogens is 143 g/mol. The lowest BCUT2D eigenvalue weighted by molar-refractivity contribution is 1.23. The third-order valence-electron chi connectivity index (χ3n) is 0.542. The third kappa shape index (κ3) is 6.06. The summed E-state index contributed by atoms with van der Waals surface area (Å²) < 4.78 is 0. The van der Waals surface area contributed by atoms with Gasteiger partial charge in [0.2, 0.25) is 0 Å². The average molecular weight is 151 g/mol. The Bertz CT molecular complexity index is 103. The van der Waals surface area contributed by atoms with Crippen molar-refractivity contribution >= 4 is 23.2 Å². The van der Waals surface area contributed by atoms with Crippen LogP contribution < -0.4 is 0 Å². The molecular formula is C6H8Cl2. The van der Waals surface area contributed by atoms with E-state index in [0.29, 0.717) is 5.03 Å². The molecule has 0 aliphatic heterocycles. The molecule has 0 heterocycles. The molecule has 0 saturated heterocycles. The van der Waals surface area contributed by atoms with Gasteiger partial charge in [0.1, 0.15) is 0 Å². The molecule has 0 aliphatic carbocycles. The largest absolute Gasteiger partial charge is 0.119 e. The zero-order valence-corrected chi connectivity index (χ0v) is 6.21. The molecule has 8 heavy (non-hydrogen) atoms. The summed E-state index contributed by atoms with van der Waals surface area (Å²) in [6, 6.07) is 0. The minimum atomic E-state index is 0.0329. The minimum absolute atomic E-state index is 0.0329. The quantitative estimate of drug-likeness (QED) is 0.420. The van der Waals surface area contributed by atoms with Crippen LogP contribution in [-0.4, -0.2) is 5.38 Å². The van der Waals surface area contributed by atoms with Crippen molar-refractivity contribution in [2.45, 2.75) is 12.3 Å². The summed E-state index contributed by atoms with van der Waals surface area (Å²) >= 11 is 10.9. The topological polar surface area (TPSA) is 0 Å². The second kappa shape index (κ2) is 3.99. The fraction of sp³-hybridized carbons (Fsp3) is 0.333. The van der Waals surface area contributed by atoms with Crippen molar-refractivity contribution in [1.82, 2.24) is 0 Å². The molecule has 0 bridgehead atoms. The molecule has 0 radical (unpaired) electrons. The molecule has 0 amide bonds. The van der Waals surface area contributed by atoms with Crippen molar-refractivity contribution in [1.29, 1.82) is 0 Å². The fourth-order valence-electron chi connectivity index (χ4n) is 0.237. The lowest BCUT2D eigenvalue weighted by atomic mass is 10.4. The standard InChI is InChI=1S/C6H8Cl2/c1-5(7)3-4-6(2)8/h3-4,6H,1H2,2H3/b4-3+. The van der Waals surface area contributed by atoms with E-state index in [9.17, 15) is 0 Å². The van der Waals surface area contributed by atoms with Crippen molar-refractivity contribution in [3.63, 3.8) is 0 Å². The van der Waals surface area contributed by atoms with Crippen LogP contribution in [0, 0.1) is 0 Å². The molecule has 0 aromatic rings. The summed E-state index contributed by atoms with van der Waals surface area (Å²) in [4.78, 5) is 0. The van der Waals surface area contributed by atoms with Gasteiger partial charge < -0.3 is 0 Å². The van der Waals surface area contributed by atoms with E-state index in [1.165, 1.54) is 0 Å². The lowest BCUT2D eigenvalue weighted by Gasteiger charge is -1.87. The van der Waals surface area contributed by atoms with E-state index in [2.05, 4.69) is 6.58 Å². The summed E-state index contributed by atoms with van der Waals surface area (Å²) in [6.45, 7) is 5.31. The highest BCUT2D eigenvalue weighted by Crippen LogP contribution is 2.01. The normalized spacial score (nSPS) is 14.4. The van der Waals surface area contributed by atoms with Gasteiger partial charge in [0.15, 0.2) is 0 Å². The molecule has 0 rings (SSSR count). The molecule has 0 spiro atoms. The highest BCUT2D eigenvalue weighted by molar-refractivity contribution is 6.31. The molecule has 2 heteroatoms. The maximum atomic E-state index is 5.54. The van der Waals surface area contributed by atoms with Crippen LogP contribution in [0.4, 0.5) is 0 Å². The maximum absolute atomic E-state index is 5.54. The first-order valence-electron chi connectivity index (χ1n) is 2.29. The highest BCUT2D eigenvalue weighted by atomic mass is 35.5. The molecule has 0 aromatic heterocycles. The van der Waals surface area contributed by atoms with Crippen molar-refractivity contribution in [2.75, 3.05) is 0 Å². The molecule has 0 aliphatic rings. The molecule has 0 N–H and O–H groups in total. The van der Waals surface area contributed by atoms with Gasteiger partial charge in [0.05, 0.1) is 0 Å². The smallest absolute Gasteiger partial charge is 0.0491 e. The average Bonchev–Trinajstić information content (AvgIpc) is 1.61. The monoisotopic (exact) mass is 150 g/mol. The van der Waals surface area contributed by atoms with Gasteiger partial charge in [-0.05, 0) is 13.0 Å². The van der Waals surface area contributed by atoms with Gasteiger partial charge in [-0.2, -0.15) is 0 Å². The third-order valence-corrected chi connectivity index (χ3v) is 0.814. The first-order chi connectivity index (χ1) is 3.63. The van der Waals surface area contributed by atoms with Crippen molar-refractivity contribution in [3.8, 4) is 0 Å². The molecule has 1 atom stereocenters. The predicted octanol–water partition coefficient (Wildman–Crippen LogP) is 2.92. The van der Waals surface area contributed by atoms with Gasteiger partial charge in [0, 0.05) is 10.4 Å². The number of allylic oxidation sites excluding steroid dienone is 3. The summed E-state index contributed by atoms with van der Waals surface area (Å²) in [5.41, 5.74) is 0. The molecule has 0 fully saturated rings. The van der Waals surface area contributed by atoms with Crippen molar-refractivity contribution in [2.24, 2.45) is 0 Å². The van der Waals surface area contributed by atoms with Gasteiger partial charge in [-0.1, -0.05) is 24.3 Å². The number of rotatable bonds is 2. The van der Waals surface area contributed by atoms with E-state index >= 15 is 0 Å². The summed E-state index contributed by atoms with van der Waals surface area (Å²) in [5, 5.41) is 0.544. The first-order valence-corrected chi connectivity index (χ1v) is 3.11. The number of halogens is 2. The number of alkyl halides is 1. The van der Waals surface area contributed by atoms with Gasteiger partial charge >= 0.3 is 0 Å². The number of hydrogen-bond acceptors (Lipinski definition) is 0. The van der Waals surface area contributed by atoms with Crippen molar-refractivity contribution in [3.05, 3.63) is 23.8 Å². The van der Waals surface area contributed by atoms with Gasteiger partial charge in [0.25, 0.3) is 0 Å². The molecule has 1 unspecified atom stereocenters. The second-order valence-electron chi connectivity index (χ2n) is 1.48. The number of hydrogen-bond donors (Lipinski definition) is 0. The Morgan fingerprint density at radius 1 is 1.75 bits per heavy atom. The summed E-state index contributed by atoms with van der Waals surface area (Å²) in [7, 11) is 0. The van der Waals surface area contributed by atoms with E-state index in [1.807, 2.05) is 6.92 Å². The van der Waals surface area contributed by atoms with Crippen LogP contribution in [0.1, 0.15) is 6.92 Å². The summed E-state index contributed by atoms with van der Waals surface area (Å²) in [5.74, 6) is 0. The van der Waals surface area contributed by atoms with E-state index in [1.54, 1.807) is 12.2 Å². The van der Waals surface area contributed by atoms with Crippen LogP contribution in [0.5, 0.6) is 0 Å². The highest BCUT2D eigenvalue weighted by Gasteiger charge is 1.84. The van der Waals surface area contributed by atoms with Crippen LogP contribution in [0.15, 0.2) is 23.8 Å². The van der Waals surface area contributed by atoms with Gasteiger partial charge in [-0.15, -0.1) is 11.6 Å². The van der Waals surface area contributed by atoms with Crippen LogP contribution in [-0.2, 0) is 0 Å². The Morgan fingerprint density at radius 2 is 2.25 bits per heavy atom. The van der Waals surface area contributed by atoms with Gasteiger partial charge in [-0.3, -0.25) is 0 Å².